The Hall–Kier alpha value is -1.71. The van der Waals surface area contributed by atoms with Gasteiger partial charge in [-0.25, -0.2) is 4.79 Å². The van der Waals surface area contributed by atoms with Gasteiger partial charge in [-0.05, 0) is 13.0 Å². The highest BCUT2D eigenvalue weighted by Gasteiger charge is 2.00. The van der Waals surface area contributed by atoms with Gasteiger partial charge in [-0.15, -0.1) is 0 Å². The van der Waals surface area contributed by atoms with Crippen molar-refractivity contribution in [1.29, 1.82) is 0 Å². The van der Waals surface area contributed by atoms with Crippen LogP contribution in [0.5, 0.6) is 0 Å². The second-order valence-corrected chi connectivity index (χ2v) is 2.44. The van der Waals surface area contributed by atoms with Gasteiger partial charge in [-0.2, -0.15) is 4.98 Å². The molecule has 4 heteroatoms. The molecular formula is C8H6N2O2. The van der Waals surface area contributed by atoms with E-state index in [9.17, 15) is 4.79 Å². The van der Waals surface area contributed by atoms with Crippen LogP contribution in [-0.4, -0.2) is 9.97 Å². The second-order valence-electron chi connectivity index (χ2n) is 2.44. The zero-order chi connectivity index (χ0) is 8.55. The van der Waals surface area contributed by atoms with Crippen molar-refractivity contribution in [3.05, 3.63) is 34.7 Å². The van der Waals surface area contributed by atoms with Crippen molar-refractivity contribution in [2.45, 2.75) is 6.92 Å². The molecule has 0 radical (unpaired) electrons. The molecule has 0 fully saturated rings. The Morgan fingerprint density at radius 1 is 1.50 bits per heavy atom. The Labute approximate surface area is 67.9 Å². The van der Waals surface area contributed by atoms with Crippen molar-refractivity contribution >= 4 is 11.0 Å². The van der Waals surface area contributed by atoms with Crippen molar-refractivity contribution < 1.29 is 4.42 Å². The highest BCUT2D eigenvalue weighted by atomic mass is 16.4. The maximum atomic E-state index is 10.8. The smallest absolute Gasteiger partial charge is 0.406 e. The van der Waals surface area contributed by atoms with Crippen LogP contribution in [-0.2, 0) is 0 Å². The van der Waals surface area contributed by atoms with Gasteiger partial charge in [-0.3, -0.25) is 4.98 Å². The Morgan fingerprint density at radius 2 is 2.33 bits per heavy atom. The Bertz CT molecular complexity index is 476. The Balaban J connectivity index is 2.99. The van der Waals surface area contributed by atoms with Gasteiger partial charge in [0.15, 0.2) is 5.58 Å². The van der Waals surface area contributed by atoms with Crippen molar-refractivity contribution in [3.63, 3.8) is 0 Å². The average Bonchev–Trinajstić information content (AvgIpc) is 2.04. The number of rotatable bonds is 0. The van der Waals surface area contributed by atoms with E-state index in [-0.39, 0.29) is 0 Å². The molecule has 0 aromatic carbocycles. The van der Waals surface area contributed by atoms with Crippen molar-refractivity contribution in [2.75, 3.05) is 0 Å². The third kappa shape index (κ3) is 0.972. The minimum atomic E-state index is -0.576. The third-order valence-corrected chi connectivity index (χ3v) is 1.63. The average molecular weight is 162 g/mol. The maximum Gasteiger partial charge on any atom is 0.439 e. The van der Waals surface area contributed by atoms with Crippen LogP contribution >= 0.6 is 0 Å². The fraction of sp³-hybridized carbons (Fsp3) is 0.125. The number of hydrogen-bond donors (Lipinski definition) is 0. The molecule has 60 valence electrons. The van der Waals surface area contributed by atoms with Gasteiger partial charge in [0.2, 0.25) is 0 Å². The molecule has 0 N–H and O–H groups in total. The summed E-state index contributed by atoms with van der Waals surface area (Å²) in [6, 6.07) is 1.76. The molecule has 4 nitrogen and oxygen atoms in total. The van der Waals surface area contributed by atoms with E-state index < -0.39 is 5.76 Å². The lowest BCUT2D eigenvalue weighted by Crippen LogP contribution is -2.05. The molecule has 0 saturated heterocycles. The fourth-order valence-corrected chi connectivity index (χ4v) is 1.07. The molecule has 2 heterocycles. The summed E-state index contributed by atoms with van der Waals surface area (Å²) in [6.45, 7) is 1.76. The van der Waals surface area contributed by atoms with Crippen LogP contribution < -0.4 is 5.76 Å². The molecule has 0 saturated carbocycles. The molecule has 2 rings (SSSR count). The van der Waals surface area contributed by atoms with E-state index in [2.05, 4.69) is 9.97 Å². The van der Waals surface area contributed by atoms with Gasteiger partial charge in [0.25, 0.3) is 0 Å². The topological polar surface area (TPSA) is 56.0 Å². The van der Waals surface area contributed by atoms with Gasteiger partial charge < -0.3 is 4.42 Å². The first kappa shape index (κ1) is 6.97. The summed E-state index contributed by atoms with van der Waals surface area (Å²) in [5.74, 6) is -0.576. The van der Waals surface area contributed by atoms with Crippen LogP contribution in [0.1, 0.15) is 5.69 Å². The lowest BCUT2D eigenvalue weighted by molar-refractivity contribution is 0.527. The third-order valence-electron chi connectivity index (χ3n) is 1.63. The first-order valence-electron chi connectivity index (χ1n) is 3.49. The van der Waals surface area contributed by atoms with Gasteiger partial charge in [0.1, 0.15) is 0 Å². The van der Waals surface area contributed by atoms with E-state index in [1.807, 2.05) is 0 Å². The fourth-order valence-electron chi connectivity index (χ4n) is 1.07. The van der Waals surface area contributed by atoms with Crippen LogP contribution in [0.15, 0.2) is 27.7 Å². The highest BCUT2D eigenvalue weighted by molar-refractivity contribution is 5.77. The molecule has 0 aliphatic rings. The van der Waals surface area contributed by atoms with Gasteiger partial charge in [0, 0.05) is 11.6 Å². The van der Waals surface area contributed by atoms with Crippen LogP contribution in [0.25, 0.3) is 11.0 Å². The predicted octanol–water partition coefficient (Wildman–Crippen LogP) is 0.891. The molecule has 2 aromatic rings. The molecule has 0 aliphatic heterocycles. The Morgan fingerprint density at radius 3 is 3.17 bits per heavy atom. The number of hydrogen-bond acceptors (Lipinski definition) is 4. The quantitative estimate of drug-likeness (QED) is 0.577. The molecule has 0 atom stereocenters. The number of pyridine rings is 1. The van der Waals surface area contributed by atoms with Crippen LogP contribution in [0.4, 0.5) is 0 Å². The van der Waals surface area contributed by atoms with Crippen LogP contribution in [0, 0.1) is 6.92 Å². The molecule has 0 amide bonds. The van der Waals surface area contributed by atoms with E-state index in [1.54, 1.807) is 19.2 Å². The predicted molar refractivity (Wildman–Crippen MR) is 42.8 cm³/mol. The standard InChI is InChI=1S/C8H6N2O2/c1-5-6-2-3-9-4-7(6)12-8(11)10-5/h2-4H,1H3. The van der Waals surface area contributed by atoms with E-state index in [4.69, 9.17) is 4.42 Å². The summed E-state index contributed by atoms with van der Waals surface area (Å²) < 4.78 is 4.81. The summed E-state index contributed by atoms with van der Waals surface area (Å²) >= 11 is 0. The maximum absolute atomic E-state index is 10.8. The molecule has 12 heavy (non-hydrogen) atoms. The van der Waals surface area contributed by atoms with E-state index in [0.29, 0.717) is 11.3 Å². The molecule has 2 aromatic heterocycles. The first-order valence-corrected chi connectivity index (χ1v) is 3.49. The lowest BCUT2D eigenvalue weighted by Gasteiger charge is -1.95. The summed E-state index contributed by atoms with van der Waals surface area (Å²) in [6.07, 6.45) is 3.14. The molecular weight excluding hydrogens is 156 g/mol. The first-order chi connectivity index (χ1) is 5.77. The summed E-state index contributed by atoms with van der Waals surface area (Å²) in [4.78, 5) is 18.3. The number of nitrogens with zero attached hydrogens (tertiary/aromatic N) is 2. The summed E-state index contributed by atoms with van der Waals surface area (Å²) in [5, 5.41) is 0.824. The van der Waals surface area contributed by atoms with Crippen molar-refractivity contribution in [1.82, 2.24) is 9.97 Å². The zero-order valence-corrected chi connectivity index (χ0v) is 6.44. The SMILES string of the molecule is Cc1nc(=O)oc2cnccc12. The van der Waals surface area contributed by atoms with Gasteiger partial charge in [0.05, 0.1) is 11.9 Å². The van der Waals surface area contributed by atoms with Crippen molar-refractivity contribution in [3.8, 4) is 0 Å². The van der Waals surface area contributed by atoms with E-state index >= 15 is 0 Å². The van der Waals surface area contributed by atoms with E-state index in [0.717, 1.165) is 5.39 Å². The molecule has 0 unspecified atom stereocenters. The molecule has 0 bridgehead atoms. The summed E-state index contributed by atoms with van der Waals surface area (Å²) in [5.41, 5.74) is 1.15. The minimum absolute atomic E-state index is 0.481. The van der Waals surface area contributed by atoms with Crippen molar-refractivity contribution in [2.24, 2.45) is 0 Å². The number of aryl methyl sites for hydroxylation is 1. The molecule has 0 aliphatic carbocycles. The normalized spacial score (nSPS) is 10.4. The van der Waals surface area contributed by atoms with Crippen LogP contribution in [0.2, 0.25) is 0 Å². The van der Waals surface area contributed by atoms with E-state index in [1.165, 1.54) is 6.20 Å². The summed E-state index contributed by atoms with van der Waals surface area (Å²) in [7, 11) is 0. The van der Waals surface area contributed by atoms with Crippen LogP contribution in [0.3, 0.4) is 0 Å². The monoisotopic (exact) mass is 162 g/mol. The van der Waals surface area contributed by atoms with Gasteiger partial charge in [-0.1, -0.05) is 0 Å². The number of fused-ring (bicyclic) bond motifs is 1. The highest BCUT2D eigenvalue weighted by Crippen LogP contribution is 2.11. The largest absolute Gasteiger partial charge is 0.439 e. The zero-order valence-electron chi connectivity index (χ0n) is 6.44. The van der Waals surface area contributed by atoms with Gasteiger partial charge >= 0.3 is 5.76 Å². The number of aromatic nitrogens is 2. The second kappa shape index (κ2) is 2.41. The lowest BCUT2D eigenvalue weighted by atomic mass is 10.2. The minimum Gasteiger partial charge on any atom is -0.406 e. The Kier molecular flexibility index (Phi) is 1.40. The molecule has 0 spiro atoms.